The third kappa shape index (κ3) is 54.0. The van der Waals surface area contributed by atoms with Crippen LogP contribution in [0.1, 0.15) is 304 Å². The molecule has 3 N–H and O–H groups in total. The Bertz CT molecular complexity index is 1570. The molecule has 0 spiro atoms. The summed E-state index contributed by atoms with van der Waals surface area (Å²) in [6.45, 7) is 7.10. The number of aliphatic hydroxyl groups excluding tert-OH is 1. The Balaban J connectivity index is 5.23. The van der Waals surface area contributed by atoms with Gasteiger partial charge in [-0.05, 0) is 31.6 Å². The molecule has 0 aromatic rings. The predicted octanol–water partition coefficient (Wildman–Crippen LogP) is 16.6. The Morgan fingerprint density at radius 1 is 0.350 bits per heavy atom. The van der Waals surface area contributed by atoms with Crippen molar-refractivity contribution in [1.82, 2.24) is 0 Å². The molecule has 0 fully saturated rings. The number of phosphoric acid groups is 2. The Hall–Kier alpha value is -1.94. The van der Waals surface area contributed by atoms with Crippen LogP contribution in [0.2, 0.25) is 0 Å². The molecule has 0 aliphatic rings. The SMILES string of the molecule is CCCCCCCCCCCCCCC(=O)O[C@H](COC(=O)CCCCCCCCC(C)CC)COP(=O)(O)OC[C@@H](O)COP(=O)(O)OC[C@@H](COC(=O)CCCCCCCCCC)OC(=O)CCCCCCCCCCCC. The van der Waals surface area contributed by atoms with E-state index in [1.807, 2.05) is 0 Å². The fraction of sp³-hybridized carbons (Fsp3) is 0.934. The van der Waals surface area contributed by atoms with Gasteiger partial charge >= 0.3 is 39.5 Å². The van der Waals surface area contributed by atoms with Gasteiger partial charge in [-0.2, -0.15) is 0 Å². The lowest BCUT2D eigenvalue weighted by Gasteiger charge is -2.21. The van der Waals surface area contributed by atoms with Gasteiger partial charge in [-0.1, -0.05) is 253 Å². The van der Waals surface area contributed by atoms with Crippen LogP contribution in [0.15, 0.2) is 0 Å². The van der Waals surface area contributed by atoms with E-state index in [1.54, 1.807) is 0 Å². The number of unbranched alkanes of at least 4 members (excludes halogenated alkanes) is 32. The molecule has 0 heterocycles. The summed E-state index contributed by atoms with van der Waals surface area (Å²) >= 11 is 0. The van der Waals surface area contributed by atoms with E-state index < -0.39 is 97.5 Å². The molecule has 0 radical (unpaired) electrons. The highest BCUT2D eigenvalue weighted by Gasteiger charge is 2.30. The molecular formula is C61H118O17P2. The van der Waals surface area contributed by atoms with Gasteiger partial charge in [-0.25, -0.2) is 9.13 Å². The Morgan fingerprint density at radius 3 is 0.887 bits per heavy atom. The number of rotatable bonds is 61. The predicted molar refractivity (Wildman–Crippen MR) is 317 cm³/mol. The van der Waals surface area contributed by atoms with Crippen molar-refractivity contribution in [2.24, 2.45) is 5.92 Å². The summed E-state index contributed by atoms with van der Waals surface area (Å²) in [4.78, 5) is 72.0. The molecule has 80 heavy (non-hydrogen) atoms. The van der Waals surface area contributed by atoms with Crippen molar-refractivity contribution in [2.75, 3.05) is 39.6 Å². The fourth-order valence-electron chi connectivity index (χ4n) is 9.02. The molecule has 0 aromatic carbocycles. The highest BCUT2D eigenvalue weighted by Crippen LogP contribution is 2.45. The summed E-state index contributed by atoms with van der Waals surface area (Å²) in [6, 6.07) is 0. The highest BCUT2D eigenvalue weighted by molar-refractivity contribution is 7.47. The molecule has 6 atom stereocenters. The minimum Gasteiger partial charge on any atom is -0.462 e. The van der Waals surface area contributed by atoms with Crippen molar-refractivity contribution in [3.63, 3.8) is 0 Å². The van der Waals surface area contributed by atoms with E-state index >= 15 is 0 Å². The van der Waals surface area contributed by atoms with Crippen molar-refractivity contribution in [3.05, 3.63) is 0 Å². The Labute approximate surface area is 486 Å². The third-order valence-electron chi connectivity index (χ3n) is 14.4. The van der Waals surface area contributed by atoms with Crippen LogP contribution >= 0.6 is 15.6 Å². The number of aliphatic hydroxyl groups is 1. The van der Waals surface area contributed by atoms with Gasteiger partial charge in [0.2, 0.25) is 0 Å². The van der Waals surface area contributed by atoms with Crippen LogP contribution in [0.3, 0.4) is 0 Å². The van der Waals surface area contributed by atoms with Crippen molar-refractivity contribution in [3.8, 4) is 0 Å². The number of hydrogen-bond donors (Lipinski definition) is 3. The first-order valence-electron chi connectivity index (χ1n) is 32.2. The molecular weight excluding hydrogens is 1070 g/mol. The smallest absolute Gasteiger partial charge is 0.462 e. The number of carbonyl (C=O) groups excluding carboxylic acids is 4. The lowest BCUT2D eigenvalue weighted by molar-refractivity contribution is -0.161. The topological polar surface area (TPSA) is 237 Å². The maximum atomic E-state index is 12.9. The molecule has 0 rings (SSSR count). The third-order valence-corrected chi connectivity index (χ3v) is 16.3. The monoisotopic (exact) mass is 1180 g/mol. The molecule has 17 nitrogen and oxygen atoms in total. The van der Waals surface area contributed by atoms with Crippen molar-refractivity contribution in [1.29, 1.82) is 0 Å². The molecule has 19 heteroatoms. The zero-order valence-corrected chi connectivity index (χ0v) is 53.0. The fourth-order valence-corrected chi connectivity index (χ4v) is 10.6. The van der Waals surface area contributed by atoms with Crippen molar-refractivity contribution >= 4 is 39.5 Å². The molecule has 0 saturated heterocycles. The van der Waals surface area contributed by atoms with Crippen LogP contribution in [0.4, 0.5) is 0 Å². The summed E-state index contributed by atoms with van der Waals surface area (Å²) in [7, 11) is -9.88. The van der Waals surface area contributed by atoms with Gasteiger partial charge in [0, 0.05) is 25.7 Å². The highest BCUT2D eigenvalue weighted by atomic mass is 31.2. The maximum Gasteiger partial charge on any atom is 0.472 e. The van der Waals surface area contributed by atoms with Crippen LogP contribution in [0, 0.1) is 5.92 Å². The largest absolute Gasteiger partial charge is 0.472 e. The number of phosphoric ester groups is 2. The average Bonchev–Trinajstić information content (AvgIpc) is 3.43. The van der Waals surface area contributed by atoms with E-state index in [0.29, 0.717) is 25.7 Å². The van der Waals surface area contributed by atoms with Crippen LogP contribution in [-0.4, -0.2) is 96.7 Å². The quantitative estimate of drug-likeness (QED) is 0.0222. The van der Waals surface area contributed by atoms with E-state index in [1.165, 1.54) is 116 Å². The second-order valence-electron chi connectivity index (χ2n) is 22.3. The van der Waals surface area contributed by atoms with Crippen molar-refractivity contribution in [2.45, 2.75) is 323 Å². The average molecular weight is 1190 g/mol. The van der Waals surface area contributed by atoms with Gasteiger partial charge in [0.25, 0.3) is 0 Å². The number of esters is 4. The molecule has 3 unspecified atom stereocenters. The summed E-state index contributed by atoms with van der Waals surface area (Å²) in [6.07, 6.45) is 37.5. The van der Waals surface area contributed by atoms with Crippen LogP contribution in [0.25, 0.3) is 0 Å². The van der Waals surface area contributed by atoms with Gasteiger partial charge in [0.1, 0.15) is 19.3 Å². The summed E-state index contributed by atoms with van der Waals surface area (Å²) in [5.41, 5.74) is 0. The van der Waals surface area contributed by atoms with Gasteiger partial charge in [0.15, 0.2) is 12.2 Å². The zero-order chi connectivity index (χ0) is 59.2. The summed E-state index contributed by atoms with van der Waals surface area (Å²) in [5, 5.41) is 10.5. The minimum absolute atomic E-state index is 0.106. The molecule has 0 aliphatic heterocycles. The molecule has 0 aliphatic carbocycles. The number of ether oxygens (including phenoxy) is 4. The van der Waals surface area contributed by atoms with Crippen LogP contribution in [0.5, 0.6) is 0 Å². The molecule has 0 bridgehead atoms. The van der Waals surface area contributed by atoms with E-state index in [2.05, 4.69) is 34.6 Å². The van der Waals surface area contributed by atoms with E-state index in [9.17, 15) is 43.2 Å². The standard InChI is InChI=1S/C61H118O17P2/c1-6-10-13-16-19-22-24-25-27-30-37-42-47-61(66)78-57(51-72-59(64)45-40-35-32-31-33-38-43-54(5)9-4)53-76-80(69,70)74-49-55(62)48-73-79(67,68)75-52-56(50-71-58(63)44-39-34-28-21-18-15-12-8-3)77-60(65)46-41-36-29-26-23-20-17-14-11-7-2/h54-57,62H,6-53H2,1-5H3,(H,67,68)(H,69,70)/t54?,55-,56+,57+/m0/s1. The molecule has 0 amide bonds. The molecule has 474 valence electrons. The summed E-state index contributed by atoms with van der Waals surface area (Å²) in [5.74, 6) is -1.41. The molecule has 0 aromatic heterocycles. The zero-order valence-electron chi connectivity index (χ0n) is 51.2. The second kappa shape index (κ2) is 55.0. The molecule has 0 saturated carbocycles. The van der Waals surface area contributed by atoms with E-state index in [-0.39, 0.29) is 25.7 Å². The van der Waals surface area contributed by atoms with Gasteiger partial charge in [-0.15, -0.1) is 0 Å². The van der Waals surface area contributed by atoms with Gasteiger partial charge in [0.05, 0.1) is 26.4 Å². The van der Waals surface area contributed by atoms with Crippen molar-refractivity contribution < 1.29 is 80.2 Å². The number of hydrogen-bond acceptors (Lipinski definition) is 15. The first kappa shape index (κ1) is 78.1. The lowest BCUT2D eigenvalue weighted by Crippen LogP contribution is -2.30. The lowest BCUT2D eigenvalue weighted by atomic mass is 10.00. The van der Waals surface area contributed by atoms with Gasteiger partial charge < -0.3 is 33.8 Å². The summed E-state index contributed by atoms with van der Waals surface area (Å²) < 4.78 is 67.8. The first-order valence-corrected chi connectivity index (χ1v) is 35.2. The normalized spacial score (nSPS) is 14.7. The Morgan fingerprint density at radius 2 is 0.600 bits per heavy atom. The minimum atomic E-state index is -4.94. The number of carbonyl (C=O) groups is 4. The van der Waals surface area contributed by atoms with Crippen LogP contribution < -0.4 is 0 Å². The second-order valence-corrected chi connectivity index (χ2v) is 25.2. The van der Waals surface area contributed by atoms with E-state index in [4.69, 9.17) is 37.0 Å². The maximum absolute atomic E-state index is 12.9. The van der Waals surface area contributed by atoms with E-state index in [0.717, 1.165) is 109 Å². The first-order chi connectivity index (χ1) is 38.6. The van der Waals surface area contributed by atoms with Gasteiger partial charge in [-0.3, -0.25) is 37.3 Å². The van der Waals surface area contributed by atoms with Crippen LogP contribution in [-0.2, 0) is 65.4 Å². The Kier molecular flexibility index (Phi) is 53.6.